The summed E-state index contributed by atoms with van der Waals surface area (Å²) in [6.07, 6.45) is 1.87. The number of allylic oxidation sites excluding steroid dienone is 2. The average Bonchev–Trinajstić information content (AvgIpc) is 2.94. The first kappa shape index (κ1) is 17.4. The van der Waals surface area contributed by atoms with E-state index >= 15 is 0 Å². The third-order valence-corrected chi connectivity index (χ3v) is 4.66. The lowest BCUT2D eigenvalue weighted by molar-refractivity contribution is -0.150. The van der Waals surface area contributed by atoms with Crippen LogP contribution in [0.1, 0.15) is 29.5 Å². The summed E-state index contributed by atoms with van der Waals surface area (Å²) in [5, 5.41) is 0.614. The summed E-state index contributed by atoms with van der Waals surface area (Å²) in [6, 6.07) is 15.0. The Bertz CT molecular complexity index is 819. The fraction of sp³-hybridized carbons (Fsp3) is 0.238. The Morgan fingerprint density at radius 3 is 2.32 bits per heavy atom. The Morgan fingerprint density at radius 2 is 1.72 bits per heavy atom. The van der Waals surface area contributed by atoms with E-state index in [1.165, 1.54) is 0 Å². The lowest BCUT2D eigenvalue weighted by atomic mass is 9.88. The van der Waals surface area contributed by atoms with Crippen molar-refractivity contribution in [3.8, 4) is 0 Å². The Kier molecular flexibility index (Phi) is 5.05. The predicted octanol–water partition coefficient (Wildman–Crippen LogP) is 4.58. The van der Waals surface area contributed by atoms with Gasteiger partial charge in [-0.1, -0.05) is 59.6 Å². The van der Waals surface area contributed by atoms with Crippen LogP contribution in [0, 0.1) is 12.8 Å². The molecule has 1 aliphatic rings. The van der Waals surface area contributed by atoms with E-state index in [0.29, 0.717) is 10.6 Å². The van der Waals surface area contributed by atoms with Crippen molar-refractivity contribution in [1.29, 1.82) is 0 Å². The number of carbonyl (C=O) groups is 2. The summed E-state index contributed by atoms with van der Waals surface area (Å²) >= 11 is 5.96. The van der Waals surface area contributed by atoms with Gasteiger partial charge < -0.3 is 4.74 Å². The van der Waals surface area contributed by atoms with Crippen LogP contribution in [-0.4, -0.2) is 18.4 Å². The first-order chi connectivity index (χ1) is 12.0. The number of esters is 1. The number of carbonyl (C=O) groups excluding carboxylic acids is 2. The molecule has 128 valence electrons. The SMILES string of the molecule is CCOC(=O)C1C(=O)C(c2ccc(C)cc2)=CC1c1ccc(Cl)cc1. The second kappa shape index (κ2) is 7.24. The van der Waals surface area contributed by atoms with E-state index in [1.807, 2.05) is 49.4 Å². The van der Waals surface area contributed by atoms with Gasteiger partial charge in [0.25, 0.3) is 0 Å². The van der Waals surface area contributed by atoms with Crippen molar-refractivity contribution in [1.82, 2.24) is 0 Å². The zero-order valence-electron chi connectivity index (χ0n) is 14.2. The molecular weight excluding hydrogens is 336 g/mol. The first-order valence-electron chi connectivity index (χ1n) is 8.26. The number of rotatable bonds is 4. The van der Waals surface area contributed by atoms with Crippen molar-refractivity contribution in [2.24, 2.45) is 5.92 Å². The number of aryl methyl sites for hydroxylation is 1. The van der Waals surface area contributed by atoms with Gasteiger partial charge in [-0.2, -0.15) is 0 Å². The van der Waals surface area contributed by atoms with E-state index in [1.54, 1.807) is 19.1 Å². The third-order valence-electron chi connectivity index (χ3n) is 4.41. The van der Waals surface area contributed by atoms with Gasteiger partial charge in [0, 0.05) is 16.5 Å². The summed E-state index contributed by atoms with van der Waals surface area (Å²) in [4.78, 5) is 25.4. The van der Waals surface area contributed by atoms with Crippen molar-refractivity contribution >= 4 is 28.9 Å². The van der Waals surface area contributed by atoms with E-state index in [0.717, 1.165) is 16.7 Å². The fourth-order valence-electron chi connectivity index (χ4n) is 3.12. The molecule has 0 amide bonds. The number of ether oxygens (including phenoxy) is 1. The summed E-state index contributed by atoms with van der Waals surface area (Å²) in [5.41, 5.74) is 3.38. The highest BCUT2D eigenvalue weighted by Gasteiger charge is 2.42. The second-order valence-electron chi connectivity index (χ2n) is 6.12. The highest BCUT2D eigenvalue weighted by Crippen LogP contribution is 2.40. The largest absolute Gasteiger partial charge is 0.465 e. The average molecular weight is 355 g/mol. The molecule has 2 unspecified atom stereocenters. The van der Waals surface area contributed by atoms with Crippen molar-refractivity contribution in [2.45, 2.75) is 19.8 Å². The quantitative estimate of drug-likeness (QED) is 0.596. The van der Waals surface area contributed by atoms with Gasteiger partial charge in [-0.25, -0.2) is 0 Å². The maximum atomic E-state index is 13.0. The van der Waals surface area contributed by atoms with Crippen molar-refractivity contribution < 1.29 is 14.3 Å². The molecule has 0 aliphatic heterocycles. The summed E-state index contributed by atoms with van der Waals surface area (Å²) in [7, 11) is 0. The minimum Gasteiger partial charge on any atom is -0.465 e. The summed E-state index contributed by atoms with van der Waals surface area (Å²) in [6.45, 7) is 3.98. The zero-order valence-corrected chi connectivity index (χ0v) is 14.9. The maximum absolute atomic E-state index is 13.0. The highest BCUT2D eigenvalue weighted by atomic mass is 35.5. The molecule has 0 spiro atoms. The molecule has 3 rings (SSSR count). The summed E-state index contributed by atoms with van der Waals surface area (Å²) < 4.78 is 5.16. The van der Waals surface area contributed by atoms with E-state index in [9.17, 15) is 9.59 Å². The molecule has 0 bridgehead atoms. The molecule has 0 N–H and O–H groups in total. The molecule has 1 aliphatic carbocycles. The Morgan fingerprint density at radius 1 is 1.08 bits per heavy atom. The Balaban J connectivity index is 2.03. The standard InChI is InChI=1S/C21H19ClO3/c1-3-25-21(24)19-17(14-8-10-16(22)11-9-14)12-18(20(19)23)15-6-4-13(2)5-7-15/h4-12,17,19H,3H2,1-2H3. The molecule has 2 aromatic carbocycles. The van der Waals surface area contributed by atoms with Crippen LogP contribution < -0.4 is 0 Å². The van der Waals surface area contributed by atoms with Crippen LogP contribution in [0.3, 0.4) is 0 Å². The Labute approximate surface area is 152 Å². The number of halogens is 1. The van der Waals surface area contributed by atoms with Crippen LogP contribution in [0.5, 0.6) is 0 Å². The van der Waals surface area contributed by atoms with Crippen molar-refractivity contribution in [3.05, 3.63) is 76.3 Å². The van der Waals surface area contributed by atoms with Crippen LogP contribution in [0.2, 0.25) is 5.02 Å². The van der Waals surface area contributed by atoms with Gasteiger partial charge in [-0.3, -0.25) is 9.59 Å². The minimum absolute atomic E-state index is 0.192. The molecular formula is C21H19ClO3. The molecule has 0 fully saturated rings. The highest BCUT2D eigenvalue weighted by molar-refractivity contribution is 6.31. The smallest absolute Gasteiger partial charge is 0.317 e. The van der Waals surface area contributed by atoms with Gasteiger partial charge in [0.05, 0.1) is 6.61 Å². The monoisotopic (exact) mass is 354 g/mol. The van der Waals surface area contributed by atoms with Crippen LogP contribution in [0.15, 0.2) is 54.6 Å². The lowest BCUT2D eigenvalue weighted by Gasteiger charge is -2.17. The molecule has 2 aromatic rings. The minimum atomic E-state index is -0.850. The van der Waals surface area contributed by atoms with E-state index < -0.39 is 11.9 Å². The zero-order chi connectivity index (χ0) is 18.0. The molecule has 0 saturated heterocycles. The van der Waals surface area contributed by atoms with Crippen LogP contribution >= 0.6 is 11.6 Å². The van der Waals surface area contributed by atoms with Crippen LogP contribution in [-0.2, 0) is 14.3 Å². The molecule has 0 saturated carbocycles. The normalized spacial score (nSPS) is 19.6. The number of hydrogen-bond acceptors (Lipinski definition) is 3. The van der Waals surface area contributed by atoms with Gasteiger partial charge in [-0.15, -0.1) is 0 Å². The van der Waals surface area contributed by atoms with Crippen molar-refractivity contribution in [2.75, 3.05) is 6.61 Å². The molecule has 0 aromatic heterocycles. The fourth-order valence-corrected chi connectivity index (χ4v) is 3.25. The predicted molar refractivity (Wildman–Crippen MR) is 98.5 cm³/mol. The van der Waals surface area contributed by atoms with Crippen LogP contribution in [0.4, 0.5) is 0 Å². The molecule has 2 atom stereocenters. The topological polar surface area (TPSA) is 43.4 Å². The van der Waals surface area contributed by atoms with E-state index in [2.05, 4.69) is 0 Å². The number of benzene rings is 2. The van der Waals surface area contributed by atoms with Crippen LogP contribution in [0.25, 0.3) is 5.57 Å². The molecule has 25 heavy (non-hydrogen) atoms. The number of ketones is 1. The second-order valence-corrected chi connectivity index (χ2v) is 6.55. The molecule has 3 nitrogen and oxygen atoms in total. The lowest BCUT2D eigenvalue weighted by Crippen LogP contribution is -2.27. The van der Waals surface area contributed by atoms with Gasteiger partial charge in [0.1, 0.15) is 5.92 Å². The van der Waals surface area contributed by atoms with E-state index in [-0.39, 0.29) is 18.3 Å². The number of hydrogen-bond donors (Lipinski definition) is 0. The Hall–Kier alpha value is -2.39. The molecule has 0 heterocycles. The number of Topliss-reactive ketones (excluding diaryl/α,β-unsaturated/α-hetero) is 1. The van der Waals surface area contributed by atoms with Gasteiger partial charge in [0.2, 0.25) is 0 Å². The van der Waals surface area contributed by atoms with Gasteiger partial charge in [0.15, 0.2) is 5.78 Å². The molecule has 4 heteroatoms. The first-order valence-corrected chi connectivity index (χ1v) is 8.64. The van der Waals surface area contributed by atoms with Crippen molar-refractivity contribution in [3.63, 3.8) is 0 Å². The third kappa shape index (κ3) is 3.52. The maximum Gasteiger partial charge on any atom is 0.317 e. The van der Waals surface area contributed by atoms with Gasteiger partial charge in [-0.05, 0) is 37.1 Å². The summed E-state index contributed by atoms with van der Waals surface area (Å²) in [5.74, 6) is -1.87. The van der Waals surface area contributed by atoms with E-state index in [4.69, 9.17) is 16.3 Å². The molecule has 0 radical (unpaired) electrons. The van der Waals surface area contributed by atoms with Gasteiger partial charge >= 0.3 is 5.97 Å².